The second kappa shape index (κ2) is 7.29. The standard InChI is InChI=1S/C8H12O5S.Na/c1-6(2)8(10)7(9)4-3-5-14(11,12)13;/h1,3-5H2,2H3,(H,11,12,13);/q;+1/p-1. The molecule has 0 bridgehead atoms. The molecule has 0 aliphatic rings. The van der Waals surface area contributed by atoms with Crippen molar-refractivity contribution in [1.82, 2.24) is 0 Å². The van der Waals surface area contributed by atoms with Gasteiger partial charge in [0.15, 0.2) is 0 Å². The first-order valence-electron chi connectivity index (χ1n) is 3.90. The van der Waals surface area contributed by atoms with Crippen LogP contribution in [-0.2, 0) is 19.7 Å². The predicted octanol–water partition coefficient (Wildman–Crippen LogP) is -2.97. The fourth-order valence-electron chi connectivity index (χ4n) is 0.761. The number of hydrogen-bond donors (Lipinski definition) is 0. The molecule has 0 amide bonds. The van der Waals surface area contributed by atoms with E-state index in [4.69, 9.17) is 0 Å². The van der Waals surface area contributed by atoms with Gasteiger partial charge in [-0.3, -0.25) is 9.59 Å². The first kappa shape index (κ1) is 17.4. The van der Waals surface area contributed by atoms with Gasteiger partial charge in [0.2, 0.25) is 11.6 Å². The van der Waals surface area contributed by atoms with Gasteiger partial charge in [-0.15, -0.1) is 0 Å². The Labute approximate surface area is 111 Å². The Morgan fingerprint density at radius 1 is 1.33 bits per heavy atom. The van der Waals surface area contributed by atoms with Crippen molar-refractivity contribution in [2.45, 2.75) is 19.8 Å². The minimum absolute atomic E-state index is 0. The number of hydrogen-bond acceptors (Lipinski definition) is 5. The zero-order valence-electron chi connectivity index (χ0n) is 8.78. The van der Waals surface area contributed by atoms with Crippen LogP contribution in [0.25, 0.3) is 0 Å². The van der Waals surface area contributed by atoms with Crippen molar-refractivity contribution in [3.8, 4) is 0 Å². The second-order valence-electron chi connectivity index (χ2n) is 2.90. The van der Waals surface area contributed by atoms with E-state index in [9.17, 15) is 22.6 Å². The summed E-state index contributed by atoms with van der Waals surface area (Å²) >= 11 is 0. The van der Waals surface area contributed by atoms with E-state index in [0.717, 1.165) is 0 Å². The molecular weight excluding hydrogens is 231 g/mol. The van der Waals surface area contributed by atoms with Crippen molar-refractivity contribution in [1.29, 1.82) is 0 Å². The van der Waals surface area contributed by atoms with Gasteiger partial charge in [0.25, 0.3) is 0 Å². The quantitative estimate of drug-likeness (QED) is 0.215. The van der Waals surface area contributed by atoms with Crippen molar-refractivity contribution in [2.24, 2.45) is 0 Å². The van der Waals surface area contributed by atoms with Crippen molar-refractivity contribution >= 4 is 21.7 Å². The fraction of sp³-hybridized carbons (Fsp3) is 0.500. The molecule has 5 nitrogen and oxygen atoms in total. The van der Waals surface area contributed by atoms with E-state index >= 15 is 0 Å². The molecule has 0 aliphatic carbocycles. The Balaban J connectivity index is 0. The molecule has 0 spiro atoms. The Bertz CT molecular complexity index is 357. The summed E-state index contributed by atoms with van der Waals surface area (Å²) in [4.78, 5) is 21.9. The molecule has 15 heavy (non-hydrogen) atoms. The molecule has 0 rings (SSSR count). The van der Waals surface area contributed by atoms with Crippen LogP contribution >= 0.6 is 0 Å². The maximum Gasteiger partial charge on any atom is 1.00 e. The van der Waals surface area contributed by atoms with Gasteiger partial charge >= 0.3 is 29.6 Å². The summed E-state index contributed by atoms with van der Waals surface area (Å²) in [5.74, 6) is -2.04. The molecule has 7 heteroatoms. The first-order valence-corrected chi connectivity index (χ1v) is 5.48. The number of carbonyl (C=O) groups excluding carboxylic acids is 2. The van der Waals surface area contributed by atoms with E-state index in [1.54, 1.807) is 0 Å². The minimum Gasteiger partial charge on any atom is -0.748 e. The van der Waals surface area contributed by atoms with Gasteiger partial charge in [-0.05, 0) is 18.9 Å². The summed E-state index contributed by atoms with van der Waals surface area (Å²) in [5.41, 5.74) is 0.111. The summed E-state index contributed by atoms with van der Waals surface area (Å²) in [7, 11) is -4.30. The summed E-state index contributed by atoms with van der Waals surface area (Å²) in [6.07, 6.45) is -0.350. The molecule has 0 aromatic rings. The normalized spacial score (nSPS) is 10.3. The predicted molar refractivity (Wildman–Crippen MR) is 48.6 cm³/mol. The van der Waals surface area contributed by atoms with Crippen molar-refractivity contribution < 1.29 is 52.1 Å². The van der Waals surface area contributed by atoms with E-state index < -0.39 is 27.4 Å². The molecule has 0 heterocycles. The molecule has 0 aromatic heterocycles. The molecule has 0 saturated carbocycles. The van der Waals surface area contributed by atoms with Crippen LogP contribution in [0.1, 0.15) is 19.8 Å². The number of Topliss-reactive ketones (excluding diaryl/α,β-unsaturated/α-hetero) is 2. The molecule has 0 aromatic carbocycles. The third-order valence-corrected chi connectivity index (χ3v) is 2.23. The van der Waals surface area contributed by atoms with Crippen LogP contribution in [0.15, 0.2) is 12.2 Å². The van der Waals surface area contributed by atoms with Crippen LogP contribution in [0.3, 0.4) is 0 Å². The van der Waals surface area contributed by atoms with Crippen LogP contribution in [0.2, 0.25) is 0 Å². The van der Waals surface area contributed by atoms with Crippen molar-refractivity contribution in [3.63, 3.8) is 0 Å². The van der Waals surface area contributed by atoms with Gasteiger partial charge < -0.3 is 4.55 Å². The third kappa shape index (κ3) is 8.95. The van der Waals surface area contributed by atoms with Crippen LogP contribution in [0, 0.1) is 0 Å². The van der Waals surface area contributed by atoms with Crippen LogP contribution < -0.4 is 29.6 Å². The largest absolute Gasteiger partial charge is 1.00 e. The molecular formula is C8H11NaO5S. The maximum absolute atomic E-state index is 11.0. The maximum atomic E-state index is 11.0. The monoisotopic (exact) mass is 242 g/mol. The molecule has 0 unspecified atom stereocenters. The summed E-state index contributed by atoms with van der Waals surface area (Å²) in [6.45, 7) is 4.68. The van der Waals surface area contributed by atoms with Gasteiger partial charge in [-0.1, -0.05) is 6.58 Å². The van der Waals surface area contributed by atoms with E-state index in [2.05, 4.69) is 6.58 Å². The van der Waals surface area contributed by atoms with Gasteiger partial charge in [0.1, 0.15) is 0 Å². The SMILES string of the molecule is C=C(C)C(=O)C(=O)CCCS(=O)(=O)[O-].[Na+]. The summed E-state index contributed by atoms with van der Waals surface area (Å²) < 4.78 is 30.4. The average Bonchev–Trinajstić information content (AvgIpc) is 2.00. The van der Waals surface area contributed by atoms with E-state index in [0.29, 0.717) is 0 Å². The Kier molecular flexibility index (Phi) is 8.45. The van der Waals surface area contributed by atoms with Gasteiger partial charge in [0, 0.05) is 12.2 Å². The zero-order chi connectivity index (χ0) is 11.4. The molecule has 0 aliphatic heterocycles. The average molecular weight is 242 g/mol. The fourth-order valence-corrected chi connectivity index (χ4v) is 1.26. The molecule has 80 valence electrons. The molecule has 0 radical (unpaired) electrons. The number of ketones is 2. The third-order valence-electron chi connectivity index (χ3n) is 1.44. The van der Waals surface area contributed by atoms with Crippen LogP contribution in [-0.4, -0.2) is 30.3 Å². The number of carbonyl (C=O) groups is 2. The summed E-state index contributed by atoms with van der Waals surface area (Å²) in [6, 6.07) is 0. The van der Waals surface area contributed by atoms with Crippen LogP contribution in [0.5, 0.6) is 0 Å². The topological polar surface area (TPSA) is 91.3 Å². The van der Waals surface area contributed by atoms with Gasteiger partial charge in [0.05, 0.1) is 10.1 Å². The Morgan fingerprint density at radius 2 is 1.80 bits per heavy atom. The van der Waals surface area contributed by atoms with E-state index in [1.807, 2.05) is 0 Å². The van der Waals surface area contributed by atoms with Gasteiger partial charge in [-0.25, -0.2) is 8.42 Å². The van der Waals surface area contributed by atoms with Crippen LogP contribution in [0.4, 0.5) is 0 Å². The van der Waals surface area contributed by atoms with Gasteiger partial charge in [-0.2, -0.15) is 0 Å². The minimum atomic E-state index is -4.30. The van der Waals surface area contributed by atoms with E-state index in [1.165, 1.54) is 6.92 Å². The summed E-state index contributed by atoms with van der Waals surface area (Å²) in [5, 5.41) is 0. The smallest absolute Gasteiger partial charge is 0.748 e. The molecule has 0 fully saturated rings. The Hall–Kier alpha value is -0.0100. The molecule has 0 saturated heterocycles. The van der Waals surface area contributed by atoms with E-state index in [-0.39, 0.29) is 48.0 Å². The number of allylic oxidation sites excluding steroid dienone is 1. The van der Waals surface area contributed by atoms with Crippen molar-refractivity contribution in [2.75, 3.05) is 5.75 Å². The molecule has 0 N–H and O–H groups in total. The molecule has 0 atom stereocenters. The first-order chi connectivity index (χ1) is 6.24. The van der Waals surface area contributed by atoms with Crippen molar-refractivity contribution in [3.05, 3.63) is 12.2 Å². The number of rotatable bonds is 6. The zero-order valence-corrected chi connectivity index (χ0v) is 11.6. The second-order valence-corrected chi connectivity index (χ2v) is 4.42. The Morgan fingerprint density at radius 3 is 2.13 bits per heavy atom.